The number of nitrogens with zero attached hydrogens (tertiary/aromatic N) is 3. The van der Waals surface area contributed by atoms with Crippen LogP contribution in [-0.4, -0.2) is 33.2 Å². The number of rotatable bonds is 6. The number of carbonyl (C=O) groups is 1. The molecular weight excluding hydrogens is 405 g/mol. The summed E-state index contributed by atoms with van der Waals surface area (Å²) in [6.45, 7) is 2.09. The number of hydrogen-bond acceptors (Lipinski definition) is 5. The van der Waals surface area contributed by atoms with Crippen LogP contribution >= 0.6 is 35.0 Å². The zero-order valence-corrected chi connectivity index (χ0v) is 17.1. The second-order valence-electron chi connectivity index (χ2n) is 5.90. The quantitative estimate of drug-likeness (QED) is 0.512. The molecule has 0 bridgehead atoms. The lowest BCUT2D eigenvalue weighted by Crippen LogP contribution is -2.32. The fourth-order valence-electron chi connectivity index (χ4n) is 2.43. The molecule has 2 aromatic carbocycles. The van der Waals surface area contributed by atoms with Gasteiger partial charge >= 0.3 is 0 Å². The highest BCUT2D eigenvalue weighted by molar-refractivity contribution is 8.00. The Balaban J connectivity index is 1.63. The van der Waals surface area contributed by atoms with Crippen LogP contribution in [0.3, 0.4) is 0 Å². The molecule has 140 valence electrons. The molecule has 1 heterocycles. The topological polar surface area (TPSA) is 59.2 Å². The monoisotopic (exact) mass is 421 g/mol. The SMILES string of the molecule is CC(Sc1ccc(Cl)cc1)C(=O)N(C)Cc1nc(-c2ccccc2Cl)no1. The van der Waals surface area contributed by atoms with Gasteiger partial charge in [0, 0.05) is 22.5 Å². The van der Waals surface area contributed by atoms with Crippen LogP contribution < -0.4 is 0 Å². The van der Waals surface area contributed by atoms with E-state index < -0.39 is 0 Å². The van der Waals surface area contributed by atoms with Crippen molar-refractivity contribution in [1.82, 2.24) is 15.0 Å². The first-order valence-corrected chi connectivity index (χ1v) is 9.82. The molecule has 3 aromatic rings. The lowest BCUT2D eigenvalue weighted by Gasteiger charge is -2.19. The summed E-state index contributed by atoms with van der Waals surface area (Å²) in [5, 5.41) is 4.90. The van der Waals surface area contributed by atoms with Crippen molar-refractivity contribution < 1.29 is 9.32 Å². The van der Waals surface area contributed by atoms with Gasteiger partial charge in [0.1, 0.15) is 0 Å². The molecule has 27 heavy (non-hydrogen) atoms. The first kappa shape index (κ1) is 19.7. The van der Waals surface area contributed by atoms with Crippen LogP contribution in [0.15, 0.2) is 57.9 Å². The maximum absolute atomic E-state index is 12.6. The zero-order chi connectivity index (χ0) is 19.4. The number of amides is 1. The summed E-state index contributed by atoms with van der Waals surface area (Å²) in [5.74, 6) is 0.719. The molecule has 1 atom stereocenters. The van der Waals surface area contributed by atoms with E-state index >= 15 is 0 Å². The van der Waals surface area contributed by atoms with Crippen LogP contribution in [0.1, 0.15) is 12.8 Å². The highest BCUT2D eigenvalue weighted by Gasteiger charge is 2.21. The Bertz CT molecular complexity index is 931. The van der Waals surface area contributed by atoms with Crippen molar-refractivity contribution in [3.05, 3.63) is 64.5 Å². The van der Waals surface area contributed by atoms with E-state index in [4.69, 9.17) is 27.7 Å². The van der Waals surface area contributed by atoms with E-state index in [1.165, 1.54) is 11.8 Å². The van der Waals surface area contributed by atoms with Crippen molar-refractivity contribution in [2.45, 2.75) is 23.6 Å². The van der Waals surface area contributed by atoms with Gasteiger partial charge in [-0.1, -0.05) is 40.5 Å². The van der Waals surface area contributed by atoms with Gasteiger partial charge in [0.2, 0.25) is 17.6 Å². The third kappa shape index (κ3) is 5.03. The lowest BCUT2D eigenvalue weighted by molar-refractivity contribution is -0.129. The van der Waals surface area contributed by atoms with E-state index in [2.05, 4.69) is 10.1 Å². The second kappa shape index (κ2) is 8.78. The van der Waals surface area contributed by atoms with Gasteiger partial charge in [-0.2, -0.15) is 4.98 Å². The van der Waals surface area contributed by atoms with Crippen molar-refractivity contribution in [1.29, 1.82) is 0 Å². The smallest absolute Gasteiger partial charge is 0.246 e. The summed E-state index contributed by atoms with van der Waals surface area (Å²) >= 11 is 13.5. The van der Waals surface area contributed by atoms with Crippen LogP contribution in [-0.2, 0) is 11.3 Å². The van der Waals surface area contributed by atoms with E-state index in [-0.39, 0.29) is 17.7 Å². The average molecular weight is 422 g/mol. The Kier molecular flexibility index (Phi) is 6.42. The molecule has 0 aliphatic rings. The molecular formula is C19H17Cl2N3O2S. The molecule has 0 fully saturated rings. The van der Waals surface area contributed by atoms with Gasteiger partial charge in [0.25, 0.3) is 0 Å². The molecule has 1 unspecified atom stereocenters. The van der Waals surface area contributed by atoms with Crippen molar-refractivity contribution in [2.24, 2.45) is 0 Å². The molecule has 0 aliphatic heterocycles. The summed E-state index contributed by atoms with van der Waals surface area (Å²) in [7, 11) is 1.71. The number of aromatic nitrogens is 2. The molecule has 0 radical (unpaired) electrons. The second-order valence-corrected chi connectivity index (χ2v) is 8.16. The first-order valence-electron chi connectivity index (χ1n) is 8.18. The summed E-state index contributed by atoms with van der Waals surface area (Å²) in [4.78, 5) is 19.5. The van der Waals surface area contributed by atoms with Gasteiger partial charge < -0.3 is 9.42 Å². The summed E-state index contributed by atoms with van der Waals surface area (Å²) in [5.41, 5.74) is 0.690. The fourth-order valence-corrected chi connectivity index (χ4v) is 3.76. The van der Waals surface area contributed by atoms with Crippen LogP contribution in [0.5, 0.6) is 0 Å². The van der Waals surface area contributed by atoms with Crippen molar-refractivity contribution in [3.8, 4) is 11.4 Å². The minimum absolute atomic E-state index is 0.0348. The number of halogens is 2. The van der Waals surface area contributed by atoms with E-state index in [9.17, 15) is 4.79 Å². The summed E-state index contributed by atoms with van der Waals surface area (Å²) in [6, 6.07) is 14.7. The molecule has 0 saturated heterocycles. The Morgan fingerprint density at radius 1 is 1.19 bits per heavy atom. The normalized spacial score (nSPS) is 12.0. The van der Waals surface area contributed by atoms with Gasteiger partial charge in [0.05, 0.1) is 16.8 Å². The predicted octanol–water partition coefficient (Wildman–Crippen LogP) is 5.18. The van der Waals surface area contributed by atoms with Gasteiger partial charge in [-0.3, -0.25) is 4.79 Å². The predicted molar refractivity (Wildman–Crippen MR) is 108 cm³/mol. The molecule has 1 aromatic heterocycles. The standard InChI is InChI=1S/C19H17Cl2N3O2S/c1-12(27-14-9-7-13(20)8-10-14)19(25)24(2)11-17-22-18(23-26-17)15-5-3-4-6-16(15)21/h3-10,12H,11H2,1-2H3. The molecule has 0 N–H and O–H groups in total. The maximum atomic E-state index is 12.6. The van der Waals surface area contributed by atoms with Gasteiger partial charge in [-0.25, -0.2) is 0 Å². The van der Waals surface area contributed by atoms with E-state index in [1.54, 1.807) is 30.1 Å². The number of benzene rings is 2. The van der Waals surface area contributed by atoms with Crippen LogP contribution in [0, 0.1) is 0 Å². The minimum Gasteiger partial charge on any atom is -0.337 e. The van der Waals surface area contributed by atoms with E-state index in [0.717, 1.165) is 4.90 Å². The van der Waals surface area contributed by atoms with E-state index in [1.807, 2.05) is 37.3 Å². The van der Waals surface area contributed by atoms with Crippen LogP contribution in [0.25, 0.3) is 11.4 Å². The Morgan fingerprint density at radius 2 is 1.89 bits per heavy atom. The third-order valence-electron chi connectivity index (χ3n) is 3.81. The Morgan fingerprint density at radius 3 is 2.59 bits per heavy atom. The van der Waals surface area contributed by atoms with Crippen molar-refractivity contribution in [2.75, 3.05) is 7.05 Å². The summed E-state index contributed by atoms with van der Waals surface area (Å²) in [6.07, 6.45) is 0. The number of hydrogen-bond donors (Lipinski definition) is 0. The molecule has 5 nitrogen and oxygen atoms in total. The third-order valence-corrected chi connectivity index (χ3v) is 5.49. The van der Waals surface area contributed by atoms with Gasteiger partial charge in [0.15, 0.2) is 0 Å². The van der Waals surface area contributed by atoms with E-state index in [0.29, 0.717) is 27.3 Å². The summed E-state index contributed by atoms with van der Waals surface area (Å²) < 4.78 is 5.27. The Labute approximate surface area is 171 Å². The largest absolute Gasteiger partial charge is 0.337 e. The van der Waals surface area contributed by atoms with Gasteiger partial charge in [-0.05, 0) is 43.3 Å². The molecule has 0 aliphatic carbocycles. The molecule has 3 rings (SSSR count). The highest BCUT2D eigenvalue weighted by Crippen LogP contribution is 2.27. The molecule has 1 amide bonds. The van der Waals surface area contributed by atoms with Gasteiger partial charge in [-0.15, -0.1) is 11.8 Å². The molecule has 0 saturated carbocycles. The first-order chi connectivity index (χ1) is 12.9. The fraction of sp³-hybridized carbons (Fsp3) is 0.211. The van der Waals surface area contributed by atoms with Crippen molar-refractivity contribution in [3.63, 3.8) is 0 Å². The minimum atomic E-state index is -0.262. The van der Waals surface area contributed by atoms with Crippen LogP contribution in [0.4, 0.5) is 0 Å². The molecule has 0 spiro atoms. The van der Waals surface area contributed by atoms with Crippen LogP contribution in [0.2, 0.25) is 10.0 Å². The maximum Gasteiger partial charge on any atom is 0.246 e. The number of carbonyl (C=O) groups excluding carboxylic acids is 1. The highest BCUT2D eigenvalue weighted by atomic mass is 35.5. The zero-order valence-electron chi connectivity index (χ0n) is 14.7. The lowest BCUT2D eigenvalue weighted by atomic mass is 10.2. The number of thioether (sulfide) groups is 1. The molecule has 8 heteroatoms. The average Bonchev–Trinajstić information content (AvgIpc) is 3.11. The Hall–Kier alpha value is -2.02. The van der Waals surface area contributed by atoms with Crippen molar-refractivity contribution >= 4 is 40.9 Å².